The minimum absolute atomic E-state index is 0.0278. The first-order chi connectivity index (χ1) is 13.3. The quantitative estimate of drug-likeness (QED) is 0.375. The zero-order valence-electron chi connectivity index (χ0n) is 14.7. The monoisotopic (exact) mass is 352 g/mol. The first kappa shape index (κ1) is 15.6. The molecule has 0 saturated heterocycles. The third-order valence-electron chi connectivity index (χ3n) is 4.97. The molecule has 3 heteroatoms. The lowest BCUT2D eigenvalue weighted by atomic mass is 9.94. The van der Waals surface area contributed by atoms with Crippen molar-refractivity contribution in [1.29, 1.82) is 0 Å². The molecule has 0 N–H and O–H groups in total. The third kappa shape index (κ3) is 2.40. The molecule has 5 aromatic rings. The van der Waals surface area contributed by atoms with Crippen LogP contribution in [0, 0.1) is 0 Å². The van der Waals surface area contributed by atoms with Crippen LogP contribution >= 0.6 is 0 Å². The van der Waals surface area contributed by atoms with E-state index in [4.69, 9.17) is 9.15 Å². The van der Waals surface area contributed by atoms with Crippen LogP contribution in [0.2, 0.25) is 0 Å². The van der Waals surface area contributed by atoms with Gasteiger partial charge in [0.2, 0.25) is 0 Å². The second-order valence-corrected chi connectivity index (χ2v) is 6.51. The van der Waals surface area contributed by atoms with E-state index < -0.39 is 0 Å². The van der Waals surface area contributed by atoms with Gasteiger partial charge in [-0.2, -0.15) is 0 Å². The molecule has 4 aromatic carbocycles. The van der Waals surface area contributed by atoms with Crippen LogP contribution in [-0.4, -0.2) is 12.9 Å². The van der Waals surface area contributed by atoms with E-state index in [1.54, 1.807) is 31.4 Å². The standard InChI is InChI=1S/C24H16O3/c1-26-17-12-10-15(11-13-17)23(25)20-14-16-6-2-3-7-18(16)24-22(20)19-8-4-5-9-21(19)27-24/h2-14H,1H3. The number of furan rings is 1. The molecule has 0 aliphatic rings. The first-order valence-electron chi connectivity index (χ1n) is 8.78. The van der Waals surface area contributed by atoms with Crippen molar-refractivity contribution in [2.24, 2.45) is 0 Å². The molecule has 1 aromatic heterocycles. The molecule has 0 aliphatic heterocycles. The smallest absolute Gasteiger partial charge is 0.193 e. The number of ether oxygens (including phenoxy) is 1. The highest BCUT2D eigenvalue weighted by atomic mass is 16.5. The van der Waals surface area contributed by atoms with Gasteiger partial charge in [-0.3, -0.25) is 4.79 Å². The second-order valence-electron chi connectivity index (χ2n) is 6.51. The zero-order valence-corrected chi connectivity index (χ0v) is 14.7. The Labute approximate surface area is 155 Å². The van der Waals surface area contributed by atoms with Crippen molar-refractivity contribution in [3.05, 3.63) is 90.0 Å². The number of ketones is 1. The lowest BCUT2D eigenvalue weighted by Crippen LogP contribution is -2.02. The molecule has 0 fully saturated rings. The van der Waals surface area contributed by atoms with Crippen molar-refractivity contribution in [3.8, 4) is 5.75 Å². The Morgan fingerprint density at radius 3 is 2.33 bits per heavy atom. The van der Waals surface area contributed by atoms with Gasteiger partial charge in [-0.15, -0.1) is 0 Å². The van der Waals surface area contributed by atoms with Crippen LogP contribution in [0.25, 0.3) is 32.7 Å². The maximum Gasteiger partial charge on any atom is 0.193 e. The van der Waals surface area contributed by atoms with Crippen molar-refractivity contribution in [3.63, 3.8) is 0 Å². The molecular weight excluding hydrogens is 336 g/mol. The third-order valence-corrected chi connectivity index (χ3v) is 4.97. The molecule has 0 saturated carbocycles. The fraction of sp³-hybridized carbons (Fsp3) is 0.0417. The summed E-state index contributed by atoms with van der Waals surface area (Å²) in [5, 5.41) is 3.82. The molecule has 0 bridgehead atoms. The average molecular weight is 352 g/mol. The van der Waals surface area contributed by atoms with Gasteiger partial charge in [0.05, 0.1) is 7.11 Å². The Bertz CT molecular complexity index is 1310. The summed E-state index contributed by atoms with van der Waals surface area (Å²) in [6.07, 6.45) is 0. The molecule has 130 valence electrons. The molecule has 3 nitrogen and oxygen atoms in total. The van der Waals surface area contributed by atoms with Gasteiger partial charge in [0.25, 0.3) is 0 Å². The molecule has 0 atom stereocenters. The Balaban J connectivity index is 1.85. The number of carbonyl (C=O) groups is 1. The van der Waals surface area contributed by atoms with Crippen LogP contribution in [0.5, 0.6) is 5.75 Å². The molecular formula is C24H16O3. The second kappa shape index (κ2) is 5.99. The van der Waals surface area contributed by atoms with E-state index in [9.17, 15) is 4.79 Å². The van der Waals surface area contributed by atoms with E-state index in [0.717, 1.165) is 38.5 Å². The van der Waals surface area contributed by atoms with Crippen molar-refractivity contribution in [2.45, 2.75) is 0 Å². The minimum Gasteiger partial charge on any atom is -0.497 e. The summed E-state index contributed by atoms with van der Waals surface area (Å²) in [6.45, 7) is 0. The van der Waals surface area contributed by atoms with Crippen LogP contribution in [0.3, 0.4) is 0 Å². The van der Waals surface area contributed by atoms with Gasteiger partial charge >= 0.3 is 0 Å². The molecule has 27 heavy (non-hydrogen) atoms. The summed E-state index contributed by atoms with van der Waals surface area (Å²) in [5.74, 6) is 0.698. The van der Waals surface area contributed by atoms with Gasteiger partial charge in [-0.05, 0) is 41.8 Å². The first-order valence-corrected chi connectivity index (χ1v) is 8.78. The van der Waals surface area contributed by atoms with E-state index in [0.29, 0.717) is 11.1 Å². The van der Waals surface area contributed by atoms with Gasteiger partial charge in [0.1, 0.15) is 16.9 Å². The summed E-state index contributed by atoms with van der Waals surface area (Å²) in [7, 11) is 1.61. The van der Waals surface area contributed by atoms with Gasteiger partial charge in [-0.1, -0.05) is 42.5 Å². The number of hydrogen-bond acceptors (Lipinski definition) is 3. The van der Waals surface area contributed by atoms with Crippen LogP contribution in [0.15, 0.2) is 83.3 Å². The SMILES string of the molecule is COc1ccc(C(=O)c2cc3ccccc3c3oc4ccccc4c23)cc1. The lowest BCUT2D eigenvalue weighted by Gasteiger charge is -2.07. The highest BCUT2D eigenvalue weighted by Crippen LogP contribution is 2.37. The van der Waals surface area contributed by atoms with Crippen molar-refractivity contribution in [2.75, 3.05) is 7.11 Å². The predicted molar refractivity (Wildman–Crippen MR) is 108 cm³/mol. The molecule has 0 radical (unpaired) electrons. The highest BCUT2D eigenvalue weighted by molar-refractivity contribution is 6.26. The molecule has 0 aliphatic carbocycles. The highest BCUT2D eigenvalue weighted by Gasteiger charge is 2.20. The van der Waals surface area contributed by atoms with E-state index >= 15 is 0 Å². The summed E-state index contributed by atoms with van der Waals surface area (Å²) in [4.78, 5) is 13.4. The van der Waals surface area contributed by atoms with Gasteiger partial charge in [-0.25, -0.2) is 0 Å². The summed E-state index contributed by atoms with van der Waals surface area (Å²) in [5.41, 5.74) is 2.82. The molecule has 5 rings (SSSR count). The normalized spacial score (nSPS) is 11.3. The van der Waals surface area contributed by atoms with Crippen molar-refractivity contribution >= 4 is 38.5 Å². The number of methoxy groups -OCH3 is 1. The molecule has 0 unspecified atom stereocenters. The van der Waals surface area contributed by atoms with Crippen LogP contribution in [0.1, 0.15) is 15.9 Å². The minimum atomic E-state index is -0.0278. The number of carbonyl (C=O) groups excluding carboxylic acids is 1. The Morgan fingerprint density at radius 2 is 1.56 bits per heavy atom. The number of hydrogen-bond donors (Lipinski definition) is 0. The molecule has 1 heterocycles. The van der Waals surface area contributed by atoms with Crippen LogP contribution < -0.4 is 4.74 Å². The average Bonchev–Trinajstić information content (AvgIpc) is 3.13. The number of benzene rings is 4. The van der Waals surface area contributed by atoms with E-state index in [1.165, 1.54) is 0 Å². The summed E-state index contributed by atoms with van der Waals surface area (Å²) in [6, 6.07) is 25.0. The van der Waals surface area contributed by atoms with Crippen LogP contribution in [0.4, 0.5) is 0 Å². The van der Waals surface area contributed by atoms with Gasteiger partial charge in [0.15, 0.2) is 5.78 Å². The fourth-order valence-corrected chi connectivity index (χ4v) is 3.64. The Morgan fingerprint density at radius 1 is 0.852 bits per heavy atom. The van der Waals surface area contributed by atoms with Gasteiger partial charge in [0, 0.05) is 27.3 Å². The van der Waals surface area contributed by atoms with E-state index in [1.807, 2.05) is 54.6 Å². The van der Waals surface area contributed by atoms with Gasteiger partial charge < -0.3 is 9.15 Å². The van der Waals surface area contributed by atoms with Crippen LogP contribution in [-0.2, 0) is 0 Å². The largest absolute Gasteiger partial charge is 0.497 e. The molecule has 0 spiro atoms. The zero-order chi connectivity index (χ0) is 18.4. The summed E-state index contributed by atoms with van der Waals surface area (Å²) >= 11 is 0. The maximum absolute atomic E-state index is 13.4. The lowest BCUT2D eigenvalue weighted by molar-refractivity contribution is 0.104. The van der Waals surface area contributed by atoms with E-state index in [2.05, 4.69) is 0 Å². The topological polar surface area (TPSA) is 39.4 Å². The number of para-hydroxylation sites is 1. The Hall–Kier alpha value is -3.59. The number of rotatable bonds is 3. The molecule has 0 amide bonds. The predicted octanol–water partition coefficient (Wildman–Crippen LogP) is 5.98. The maximum atomic E-state index is 13.4. The summed E-state index contributed by atoms with van der Waals surface area (Å²) < 4.78 is 11.4. The van der Waals surface area contributed by atoms with Crippen molar-refractivity contribution < 1.29 is 13.9 Å². The van der Waals surface area contributed by atoms with Crippen molar-refractivity contribution in [1.82, 2.24) is 0 Å². The van der Waals surface area contributed by atoms with E-state index in [-0.39, 0.29) is 5.78 Å². The Kier molecular flexibility index (Phi) is 3.47. The number of fused-ring (bicyclic) bond motifs is 5. The fourth-order valence-electron chi connectivity index (χ4n) is 3.64.